The molecule has 0 aliphatic heterocycles. The first-order valence-electron chi connectivity index (χ1n) is 5.75. The number of hydrogen-bond donors (Lipinski definition) is 2. The molecule has 15 heavy (non-hydrogen) atoms. The van der Waals surface area contributed by atoms with Crippen LogP contribution in [0.15, 0.2) is 0 Å². The fraction of sp³-hybridized carbons (Fsp3) is 0.917. The van der Waals surface area contributed by atoms with Gasteiger partial charge in [0.25, 0.3) is 0 Å². The number of carbonyl (C=O) groups is 1. The molecule has 0 saturated carbocycles. The second-order valence-electron chi connectivity index (χ2n) is 5.70. The predicted molar refractivity (Wildman–Crippen MR) is 64.8 cm³/mol. The Labute approximate surface area is 94.0 Å². The highest BCUT2D eigenvalue weighted by Gasteiger charge is 2.13. The van der Waals surface area contributed by atoms with Gasteiger partial charge in [-0.2, -0.15) is 0 Å². The molecule has 1 atom stereocenters. The number of carbonyl (C=O) groups excluding carboxylic acids is 1. The van der Waals surface area contributed by atoms with Gasteiger partial charge in [-0.15, -0.1) is 0 Å². The van der Waals surface area contributed by atoms with Crippen LogP contribution < -0.4 is 10.6 Å². The molecule has 0 fully saturated rings. The smallest absolute Gasteiger partial charge is 0.234 e. The maximum atomic E-state index is 11.5. The van der Waals surface area contributed by atoms with Crippen molar-refractivity contribution in [2.75, 3.05) is 6.54 Å². The standard InChI is InChI=1S/C12H26N2O/c1-9(2)7-10(3)14-11(15)8-13-12(4,5)6/h9-10,13H,7-8H2,1-6H3,(H,14,15). The summed E-state index contributed by atoms with van der Waals surface area (Å²) in [5.74, 6) is 0.703. The van der Waals surface area contributed by atoms with Gasteiger partial charge in [-0.25, -0.2) is 0 Å². The summed E-state index contributed by atoms with van der Waals surface area (Å²) < 4.78 is 0. The van der Waals surface area contributed by atoms with Crippen LogP contribution >= 0.6 is 0 Å². The number of nitrogens with one attached hydrogen (secondary N) is 2. The molecule has 0 saturated heterocycles. The fourth-order valence-corrected chi connectivity index (χ4v) is 1.44. The average molecular weight is 214 g/mol. The summed E-state index contributed by atoms with van der Waals surface area (Å²) in [6.07, 6.45) is 1.03. The summed E-state index contributed by atoms with van der Waals surface area (Å²) in [5, 5.41) is 6.15. The molecular formula is C12H26N2O. The van der Waals surface area contributed by atoms with Crippen LogP contribution in [0.25, 0.3) is 0 Å². The molecule has 0 rings (SSSR count). The summed E-state index contributed by atoms with van der Waals surface area (Å²) in [4.78, 5) is 11.5. The van der Waals surface area contributed by atoms with Crippen molar-refractivity contribution in [1.29, 1.82) is 0 Å². The third-order valence-corrected chi connectivity index (χ3v) is 2.01. The highest BCUT2D eigenvalue weighted by molar-refractivity contribution is 5.78. The molecule has 0 heterocycles. The molecule has 0 bridgehead atoms. The lowest BCUT2D eigenvalue weighted by Gasteiger charge is -2.21. The van der Waals surface area contributed by atoms with Crippen LogP contribution in [-0.4, -0.2) is 24.0 Å². The van der Waals surface area contributed by atoms with Gasteiger partial charge in [0.1, 0.15) is 0 Å². The Morgan fingerprint density at radius 2 is 1.73 bits per heavy atom. The summed E-state index contributed by atoms with van der Waals surface area (Å²) in [7, 11) is 0. The number of hydrogen-bond acceptors (Lipinski definition) is 2. The minimum absolute atomic E-state index is 0.00136. The topological polar surface area (TPSA) is 41.1 Å². The van der Waals surface area contributed by atoms with E-state index >= 15 is 0 Å². The SMILES string of the molecule is CC(C)CC(C)NC(=O)CNC(C)(C)C. The first kappa shape index (κ1) is 14.4. The molecular weight excluding hydrogens is 188 g/mol. The monoisotopic (exact) mass is 214 g/mol. The maximum absolute atomic E-state index is 11.5. The Kier molecular flexibility index (Phi) is 5.88. The molecule has 3 heteroatoms. The molecule has 0 aliphatic rings. The summed E-state index contributed by atoms with van der Waals surface area (Å²) in [6.45, 7) is 12.9. The molecule has 90 valence electrons. The molecule has 2 N–H and O–H groups in total. The summed E-state index contributed by atoms with van der Waals surface area (Å²) >= 11 is 0. The van der Waals surface area contributed by atoms with Crippen LogP contribution in [0.2, 0.25) is 0 Å². The van der Waals surface area contributed by atoms with E-state index in [1.165, 1.54) is 0 Å². The quantitative estimate of drug-likeness (QED) is 0.734. The van der Waals surface area contributed by atoms with E-state index in [9.17, 15) is 4.79 Å². The minimum Gasteiger partial charge on any atom is -0.353 e. The van der Waals surface area contributed by atoms with Crippen molar-refractivity contribution in [2.24, 2.45) is 5.92 Å². The van der Waals surface area contributed by atoms with Crippen molar-refractivity contribution < 1.29 is 4.79 Å². The minimum atomic E-state index is -0.00136. The van der Waals surface area contributed by atoms with Crippen molar-refractivity contribution in [1.82, 2.24) is 10.6 Å². The van der Waals surface area contributed by atoms with Gasteiger partial charge < -0.3 is 10.6 Å². The van der Waals surface area contributed by atoms with Gasteiger partial charge in [-0.3, -0.25) is 4.79 Å². The molecule has 0 aromatic carbocycles. The van der Waals surface area contributed by atoms with Gasteiger partial charge in [0, 0.05) is 11.6 Å². The van der Waals surface area contributed by atoms with Gasteiger partial charge in [0.05, 0.1) is 6.54 Å². The third-order valence-electron chi connectivity index (χ3n) is 2.01. The van der Waals surface area contributed by atoms with Gasteiger partial charge in [0.15, 0.2) is 0 Å². The highest BCUT2D eigenvalue weighted by atomic mass is 16.1. The predicted octanol–water partition coefficient (Wildman–Crippen LogP) is 1.93. The lowest BCUT2D eigenvalue weighted by molar-refractivity contribution is -0.121. The Morgan fingerprint density at radius 3 is 2.13 bits per heavy atom. The van der Waals surface area contributed by atoms with Gasteiger partial charge in [0.2, 0.25) is 5.91 Å². The summed E-state index contributed by atoms with van der Waals surface area (Å²) in [5.41, 5.74) is -0.00136. The van der Waals surface area contributed by atoms with Crippen LogP contribution in [0.5, 0.6) is 0 Å². The van der Waals surface area contributed by atoms with Gasteiger partial charge in [-0.1, -0.05) is 13.8 Å². The van der Waals surface area contributed by atoms with Crippen molar-refractivity contribution in [3.8, 4) is 0 Å². The molecule has 1 amide bonds. The van der Waals surface area contributed by atoms with Gasteiger partial charge in [-0.05, 0) is 40.0 Å². The molecule has 0 aliphatic carbocycles. The second kappa shape index (κ2) is 6.11. The van der Waals surface area contributed by atoms with E-state index in [1.54, 1.807) is 0 Å². The van der Waals surface area contributed by atoms with Crippen molar-refractivity contribution >= 4 is 5.91 Å². The Morgan fingerprint density at radius 1 is 1.20 bits per heavy atom. The van der Waals surface area contributed by atoms with Crippen LogP contribution in [0.4, 0.5) is 0 Å². The Bertz CT molecular complexity index is 194. The van der Waals surface area contributed by atoms with Crippen LogP contribution in [0.3, 0.4) is 0 Å². The Hall–Kier alpha value is -0.570. The third kappa shape index (κ3) is 9.73. The van der Waals surface area contributed by atoms with Crippen molar-refractivity contribution in [3.63, 3.8) is 0 Å². The molecule has 0 spiro atoms. The zero-order chi connectivity index (χ0) is 12.1. The maximum Gasteiger partial charge on any atom is 0.234 e. The first-order chi connectivity index (χ1) is 6.70. The van der Waals surface area contributed by atoms with E-state index < -0.39 is 0 Å². The van der Waals surface area contributed by atoms with Crippen molar-refractivity contribution in [3.05, 3.63) is 0 Å². The van der Waals surface area contributed by atoms with Crippen LogP contribution in [0.1, 0.15) is 48.0 Å². The van der Waals surface area contributed by atoms with Crippen LogP contribution in [-0.2, 0) is 4.79 Å². The largest absolute Gasteiger partial charge is 0.353 e. The van der Waals surface area contributed by atoms with Crippen molar-refractivity contribution in [2.45, 2.75) is 59.5 Å². The van der Waals surface area contributed by atoms with Gasteiger partial charge >= 0.3 is 0 Å². The molecule has 3 nitrogen and oxygen atoms in total. The van der Waals surface area contributed by atoms with E-state index in [4.69, 9.17) is 0 Å². The van der Waals surface area contributed by atoms with Crippen LogP contribution in [0, 0.1) is 5.92 Å². The number of rotatable bonds is 5. The normalized spacial score (nSPS) is 14.1. The average Bonchev–Trinajstić information content (AvgIpc) is 1.97. The van der Waals surface area contributed by atoms with E-state index in [2.05, 4.69) is 52.2 Å². The van der Waals surface area contributed by atoms with E-state index in [1.807, 2.05) is 0 Å². The molecule has 0 radical (unpaired) electrons. The molecule has 0 aromatic rings. The fourth-order valence-electron chi connectivity index (χ4n) is 1.44. The first-order valence-corrected chi connectivity index (χ1v) is 5.75. The zero-order valence-corrected chi connectivity index (χ0v) is 11.0. The zero-order valence-electron chi connectivity index (χ0n) is 11.0. The summed E-state index contributed by atoms with van der Waals surface area (Å²) in [6, 6.07) is 0.263. The second-order valence-corrected chi connectivity index (χ2v) is 5.70. The van der Waals surface area contributed by atoms with E-state index in [0.717, 1.165) is 6.42 Å². The lowest BCUT2D eigenvalue weighted by atomic mass is 10.1. The van der Waals surface area contributed by atoms with E-state index in [-0.39, 0.29) is 17.5 Å². The highest BCUT2D eigenvalue weighted by Crippen LogP contribution is 2.03. The lowest BCUT2D eigenvalue weighted by Crippen LogP contribution is -2.45. The number of amides is 1. The molecule has 0 aromatic heterocycles. The molecule has 1 unspecified atom stereocenters. The van der Waals surface area contributed by atoms with E-state index in [0.29, 0.717) is 12.5 Å². The Balaban J connectivity index is 3.74.